The lowest BCUT2D eigenvalue weighted by Gasteiger charge is -2.21. The molecule has 160 valence electrons. The first-order valence-electron chi connectivity index (χ1n) is 10.2. The molecule has 3 rings (SSSR count). The number of ether oxygens (including phenoxy) is 2. The lowest BCUT2D eigenvalue weighted by Crippen LogP contribution is -2.43. The third kappa shape index (κ3) is 5.36. The molecule has 1 aromatic heterocycles. The standard InChI is InChI=1S/C23H27NO6/c1-14(2)21(22(26)24-13-18-5-4-12-28-18)30-23(27)20-11-10-19(29-20)17-8-6-16(7-9-17)15(3)25/h6-11,14,18,21H,4-5,12-13H2,1-3H3,(H,24,26)/t18-,21-/m0/s1. The van der Waals surface area contributed by atoms with Crippen molar-refractivity contribution < 1.29 is 28.3 Å². The smallest absolute Gasteiger partial charge is 0.375 e. The van der Waals surface area contributed by atoms with E-state index in [4.69, 9.17) is 13.9 Å². The fourth-order valence-corrected chi connectivity index (χ4v) is 3.26. The molecule has 2 atom stereocenters. The Balaban J connectivity index is 1.63. The molecular formula is C23H27NO6. The molecule has 2 aromatic rings. The van der Waals surface area contributed by atoms with E-state index in [9.17, 15) is 14.4 Å². The Kier molecular flexibility index (Phi) is 7.05. The Hall–Kier alpha value is -2.93. The first-order valence-corrected chi connectivity index (χ1v) is 10.2. The number of hydrogen-bond acceptors (Lipinski definition) is 6. The molecule has 1 N–H and O–H groups in total. The van der Waals surface area contributed by atoms with Gasteiger partial charge in [-0.25, -0.2) is 4.79 Å². The Morgan fingerprint density at radius 2 is 1.87 bits per heavy atom. The predicted molar refractivity (Wildman–Crippen MR) is 110 cm³/mol. The molecule has 1 saturated heterocycles. The van der Waals surface area contributed by atoms with Crippen LogP contribution in [-0.2, 0) is 14.3 Å². The second kappa shape index (κ2) is 9.71. The fraction of sp³-hybridized carbons (Fsp3) is 0.435. The second-order valence-corrected chi connectivity index (χ2v) is 7.75. The van der Waals surface area contributed by atoms with Crippen molar-refractivity contribution in [3.05, 3.63) is 47.7 Å². The Morgan fingerprint density at radius 1 is 1.13 bits per heavy atom. The van der Waals surface area contributed by atoms with Gasteiger partial charge in [0.25, 0.3) is 5.91 Å². The van der Waals surface area contributed by atoms with E-state index >= 15 is 0 Å². The van der Waals surface area contributed by atoms with Gasteiger partial charge in [0.15, 0.2) is 11.9 Å². The maximum absolute atomic E-state index is 12.5. The van der Waals surface area contributed by atoms with E-state index in [0.717, 1.165) is 18.4 Å². The van der Waals surface area contributed by atoms with Crippen LogP contribution < -0.4 is 5.32 Å². The summed E-state index contributed by atoms with van der Waals surface area (Å²) in [6, 6.07) is 10.1. The number of amides is 1. The van der Waals surface area contributed by atoms with Crippen LogP contribution in [0.5, 0.6) is 0 Å². The molecule has 0 bridgehead atoms. The average molecular weight is 413 g/mol. The summed E-state index contributed by atoms with van der Waals surface area (Å²) in [5.74, 6) is -0.790. The quantitative estimate of drug-likeness (QED) is 0.525. The zero-order valence-corrected chi connectivity index (χ0v) is 17.5. The number of ketones is 1. The van der Waals surface area contributed by atoms with Gasteiger partial charge in [0.1, 0.15) is 5.76 Å². The molecule has 1 aliphatic rings. The lowest BCUT2D eigenvalue weighted by atomic mass is 10.1. The van der Waals surface area contributed by atoms with Crippen molar-refractivity contribution in [2.75, 3.05) is 13.2 Å². The molecule has 0 aliphatic carbocycles. The van der Waals surface area contributed by atoms with Gasteiger partial charge in [-0.2, -0.15) is 0 Å². The number of esters is 1. The van der Waals surface area contributed by atoms with E-state index in [0.29, 0.717) is 24.5 Å². The van der Waals surface area contributed by atoms with E-state index in [1.165, 1.54) is 13.0 Å². The summed E-state index contributed by atoms with van der Waals surface area (Å²) < 4.78 is 16.6. The van der Waals surface area contributed by atoms with Crippen LogP contribution in [0.15, 0.2) is 40.8 Å². The van der Waals surface area contributed by atoms with Gasteiger partial charge in [0.2, 0.25) is 5.76 Å². The SMILES string of the molecule is CC(=O)c1ccc(-c2ccc(C(=O)O[C@H](C(=O)NC[C@@H]3CCCO3)C(C)C)o2)cc1. The van der Waals surface area contributed by atoms with Crippen LogP contribution in [0.1, 0.15) is 54.5 Å². The lowest BCUT2D eigenvalue weighted by molar-refractivity contribution is -0.132. The number of nitrogens with one attached hydrogen (secondary N) is 1. The molecule has 7 nitrogen and oxygen atoms in total. The van der Waals surface area contributed by atoms with Crippen LogP contribution in [0.25, 0.3) is 11.3 Å². The molecule has 7 heteroatoms. The number of furan rings is 1. The number of Topliss-reactive ketones (excluding diaryl/α,β-unsaturated/α-hetero) is 1. The summed E-state index contributed by atoms with van der Waals surface area (Å²) in [6.45, 7) is 6.24. The zero-order chi connectivity index (χ0) is 21.7. The Labute approximate surface area is 175 Å². The zero-order valence-electron chi connectivity index (χ0n) is 17.5. The number of carbonyl (C=O) groups excluding carboxylic acids is 3. The van der Waals surface area contributed by atoms with Crippen LogP contribution >= 0.6 is 0 Å². The minimum absolute atomic E-state index is 0.0122. The topological polar surface area (TPSA) is 94.8 Å². The van der Waals surface area contributed by atoms with E-state index in [-0.39, 0.29) is 29.5 Å². The Morgan fingerprint density at radius 3 is 2.47 bits per heavy atom. The van der Waals surface area contributed by atoms with Crippen LogP contribution in [-0.4, -0.2) is 43.0 Å². The summed E-state index contributed by atoms with van der Waals surface area (Å²) >= 11 is 0. The highest BCUT2D eigenvalue weighted by Crippen LogP contribution is 2.24. The normalized spacial score (nSPS) is 17.0. The van der Waals surface area contributed by atoms with E-state index in [2.05, 4.69) is 5.32 Å². The third-order valence-corrected chi connectivity index (χ3v) is 5.01. The first-order chi connectivity index (χ1) is 14.3. The van der Waals surface area contributed by atoms with Gasteiger partial charge in [-0.15, -0.1) is 0 Å². The summed E-state index contributed by atoms with van der Waals surface area (Å²) in [7, 11) is 0. The molecule has 0 unspecified atom stereocenters. The molecule has 30 heavy (non-hydrogen) atoms. The number of rotatable bonds is 8. The van der Waals surface area contributed by atoms with E-state index < -0.39 is 12.1 Å². The van der Waals surface area contributed by atoms with Gasteiger partial charge in [-0.3, -0.25) is 9.59 Å². The van der Waals surface area contributed by atoms with Crippen molar-refractivity contribution in [2.24, 2.45) is 5.92 Å². The van der Waals surface area contributed by atoms with Gasteiger partial charge in [-0.05, 0) is 37.8 Å². The van der Waals surface area contributed by atoms with Crippen molar-refractivity contribution in [1.82, 2.24) is 5.32 Å². The number of hydrogen-bond donors (Lipinski definition) is 1. The molecule has 2 heterocycles. The van der Waals surface area contributed by atoms with Gasteiger partial charge < -0.3 is 19.2 Å². The number of benzene rings is 1. The van der Waals surface area contributed by atoms with Gasteiger partial charge >= 0.3 is 5.97 Å². The van der Waals surface area contributed by atoms with E-state index in [1.807, 2.05) is 13.8 Å². The molecular weight excluding hydrogens is 386 g/mol. The molecule has 1 fully saturated rings. The highest BCUT2D eigenvalue weighted by molar-refractivity contribution is 5.94. The van der Waals surface area contributed by atoms with Crippen LogP contribution in [0, 0.1) is 5.92 Å². The van der Waals surface area contributed by atoms with Gasteiger partial charge in [0.05, 0.1) is 6.10 Å². The summed E-state index contributed by atoms with van der Waals surface area (Å²) in [4.78, 5) is 36.5. The molecule has 0 radical (unpaired) electrons. The maximum atomic E-state index is 12.5. The second-order valence-electron chi connectivity index (χ2n) is 7.75. The summed E-state index contributed by atoms with van der Waals surface area (Å²) in [5.41, 5.74) is 1.33. The Bertz CT molecular complexity index is 893. The monoisotopic (exact) mass is 413 g/mol. The van der Waals surface area contributed by atoms with Gasteiger partial charge in [-0.1, -0.05) is 38.1 Å². The first kappa shape index (κ1) is 21.8. The van der Waals surface area contributed by atoms with Crippen LogP contribution in [0.2, 0.25) is 0 Å². The minimum Gasteiger partial charge on any atom is -0.449 e. The largest absolute Gasteiger partial charge is 0.449 e. The fourth-order valence-electron chi connectivity index (χ4n) is 3.26. The summed E-state index contributed by atoms with van der Waals surface area (Å²) in [6.07, 6.45) is 0.984. The summed E-state index contributed by atoms with van der Waals surface area (Å²) in [5, 5.41) is 2.81. The minimum atomic E-state index is -0.928. The van der Waals surface area contributed by atoms with Gasteiger partial charge in [0, 0.05) is 24.3 Å². The average Bonchev–Trinajstić information content (AvgIpc) is 3.42. The molecule has 1 amide bonds. The maximum Gasteiger partial charge on any atom is 0.375 e. The predicted octanol–water partition coefficient (Wildman–Crippen LogP) is 3.63. The highest BCUT2D eigenvalue weighted by Gasteiger charge is 2.29. The van der Waals surface area contributed by atoms with Crippen LogP contribution in [0.3, 0.4) is 0 Å². The van der Waals surface area contributed by atoms with Crippen molar-refractivity contribution in [3.8, 4) is 11.3 Å². The number of carbonyl (C=O) groups is 3. The molecule has 0 saturated carbocycles. The van der Waals surface area contributed by atoms with E-state index in [1.54, 1.807) is 30.3 Å². The molecule has 1 aromatic carbocycles. The van der Waals surface area contributed by atoms with Crippen LogP contribution in [0.4, 0.5) is 0 Å². The van der Waals surface area contributed by atoms with Crippen molar-refractivity contribution in [2.45, 2.75) is 45.8 Å². The molecule has 1 aliphatic heterocycles. The molecule has 0 spiro atoms. The van der Waals surface area contributed by atoms with Crippen molar-refractivity contribution in [3.63, 3.8) is 0 Å². The third-order valence-electron chi connectivity index (χ3n) is 5.01. The highest BCUT2D eigenvalue weighted by atomic mass is 16.6. The van der Waals surface area contributed by atoms with Crippen molar-refractivity contribution >= 4 is 17.7 Å². The van der Waals surface area contributed by atoms with Crippen molar-refractivity contribution in [1.29, 1.82) is 0 Å².